The summed E-state index contributed by atoms with van der Waals surface area (Å²) < 4.78 is 8.29. The standard InChI is InChI=1S/C18H26N4O2/c23-17(13-4-6-22-16(9-13)3-5-19-22)21-7-8-24-18(12-21)10-14-1-2-15(11-18)20-14/h3,5,13-15,20H,1-2,4,6-12H2/t13?,14-,15+,18?. The molecule has 1 aromatic heterocycles. The van der Waals surface area contributed by atoms with Crippen LogP contribution in [0, 0.1) is 5.92 Å². The average molecular weight is 330 g/mol. The molecule has 4 aliphatic rings. The monoisotopic (exact) mass is 330 g/mol. The van der Waals surface area contributed by atoms with E-state index in [1.165, 1.54) is 18.5 Å². The summed E-state index contributed by atoms with van der Waals surface area (Å²) >= 11 is 0. The van der Waals surface area contributed by atoms with Gasteiger partial charge in [0.15, 0.2) is 0 Å². The zero-order chi connectivity index (χ0) is 16.1. The molecule has 24 heavy (non-hydrogen) atoms. The molecule has 0 aromatic carbocycles. The van der Waals surface area contributed by atoms with Gasteiger partial charge in [-0.3, -0.25) is 9.48 Å². The van der Waals surface area contributed by atoms with E-state index in [1.807, 2.05) is 16.9 Å². The average Bonchev–Trinajstić information content (AvgIpc) is 3.19. The van der Waals surface area contributed by atoms with Crippen LogP contribution in [0.3, 0.4) is 0 Å². The number of hydrogen-bond donors (Lipinski definition) is 1. The molecule has 1 aromatic rings. The number of fused-ring (bicyclic) bond motifs is 3. The second-order valence-corrected chi connectivity index (χ2v) is 8.07. The second kappa shape index (κ2) is 5.56. The van der Waals surface area contributed by atoms with Gasteiger partial charge in [0, 0.05) is 55.9 Å². The Morgan fingerprint density at radius 2 is 2.08 bits per heavy atom. The number of piperidine rings is 1. The first kappa shape index (κ1) is 14.9. The van der Waals surface area contributed by atoms with E-state index >= 15 is 0 Å². The summed E-state index contributed by atoms with van der Waals surface area (Å²) in [7, 11) is 0. The van der Waals surface area contributed by atoms with Crippen molar-refractivity contribution in [1.82, 2.24) is 20.0 Å². The van der Waals surface area contributed by atoms with Gasteiger partial charge in [0.2, 0.25) is 5.91 Å². The van der Waals surface area contributed by atoms with Gasteiger partial charge in [-0.25, -0.2) is 0 Å². The number of carbonyl (C=O) groups is 1. The van der Waals surface area contributed by atoms with Gasteiger partial charge < -0.3 is 15.0 Å². The Morgan fingerprint density at radius 1 is 1.25 bits per heavy atom. The molecule has 1 spiro atoms. The van der Waals surface area contributed by atoms with E-state index in [2.05, 4.69) is 15.3 Å². The van der Waals surface area contributed by atoms with E-state index < -0.39 is 0 Å². The maximum absolute atomic E-state index is 13.1. The van der Waals surface area contributed by atoms with E-state index in [1.54, 1.807) is 0 Å². The highest BCUT2D eigenvalue weighted by atomic mass is 16.5. The van der Waals surface area contributed by atoms with Crippen molar-refractivity contribution in [3.8, 4) is 0 Å². The molecular formula is C18H26N4O2. The largest absolute Gasteiger partial charge is 0.371 e. The fraction of sp³-hybridized carbons (Fsp3) is 0.778. The molecule has 4 aliphatic heterocycles. The van der Waals surface area contributed by atoms with Crippen molar-refractivity contribution >= 4 is 5.91 Å². The van der Waals surface area contributed by atoms with Crippen molar-refractivity contribution in [2.75, 3.05) is 19.7 Å². The summed E-state index contributed by atoms with van der Waals surface area (Å²) in [5.41, 5.74) is 1.10. The lowest BCUT2D eigenvalue weighted by atomic mass is 9.85. The summed E-state index contributed by atoms with van der Waals surface area (Å²) in [6.45, 7) is 3.09. The second-order valence-electron chi connectivity index (χ2n) is 8.07. The molecule has 5 heterocycles. The van der Waals surface area contributed by atoms with Crippen LogP contribution >= 0.6 is 0 Å². The van der Waals surface area contributed by atoms with Gasteiger partial charge in [-0.2, -0.15) is 5.10 Å². The van der Waals surface area contributed by atoms with Gasteiger partial charge in [0.05, 0.1) is 12.2 Å². The number of nitrogens with zero attached hydrogens (tertiary/aromatic N) is 3. The van der Waals surface area contributed by atoms with Crippen LogP contribution in [-0.4, -0.2) is 58.0 Å². The van der Waals surface area contributed by atoms with Gasteiger partial charge in [0.25, 0.3) is 0 Å². The Bertz CT molecular complexity index is 631. The first-order valence-corrected chi connectivity index (χ1v) is 9.40. The lowest BCUT2D eigenvalue weighted by molar-refractivity contribution is -0.162. The molecule has 2 bridgehead atoms. The predicted molar refractivity (Wildman–Crippen MR) is 88.5 cm³/mol. The molecule has 2 unspecified atom stereocenters. The highest BCUT2D eigenvalue weighted by Crippen LogP contribution is 2.39. The third kappa shape index (κ3) is 2.47. The van der Waals surface area contributed by atoms with Crippen LogP contribution in [0.2, 0.25) is 0 Å². The molecule has 4 atom stereocenters. The minimum Gasteiger partial charge on any atom is -0.371 e. The van der Waals surface area contributed by atoms with Gasteiger partial charge >= 0.3 is 0 Å². The number of carbonyl (C=O) groups excluding carboxylic acids is 1. The number of morpholine rings is 1. The van der Waals surface area contributed by atoms with Crippen LogP contribution in [0.4, 0.5) is 0 Å². The molecular weight excluding hydrogens is 304 g/mol. The molecule has 1 N–H and O–H groups in total. The van der Waals surface area contributed by atoms with Crippen molar-refractivity contribution in [3.05, 3.63) is 18.0 Å². The Morgan fingerprint density at radius 3 is 2.92 bits per heavy atom. The number of aromatic nitrogens is 2. The molecule has 6 heteroatoms. The minimum absolute atomic E-state index is 0.0958. The molecule has 0 radical (unpaired) electrons. The number of ether oxygens (including phenoxy) is 1. The van der Waals surface area contributed by atoms with Crippen molar-refractivity contribution < 1.29 is 9.53 Å². The molecule has 5 rings (SSSR count). The highest BCUT2D eigenvalue weighted by molar-refractivity contribution is 5.79. The molecule has 130 valence electrons. The summed E-state index contributed by atoms with van der Waals surface area (Å²) in [5, 5.41) is 8.00. The summed E-state index contributed by atoms with van der Waals surface area (Å²) in [5.74, 6) is 0.443. The Hall–Kier alpha value is -1.40. The maximum Gasteiger partial charge on any atom is 0.226 e. The number of hydrogen-bond acceptors (Lipinski definition) is 4. The lowest BCUT2D eigenvalue weighted by Crippen LogP contribution is -2.60. The van der Waals surface area contributed by atoms with E-state index in [-0.39, 0.29) is 11.5 Å². The first-order valence-electron chi connectivity index (χ1n) is 9.40. The quantitative estimate of drug-likeness (QED) is 0.833. The van der Waals surface area contributed by atoms with Crippen LogP contribution in [0.15, 0.2) is 12.3 Å². The predicted octanol–water partition coefficient (Wildman–Crippen LogP) is 0.957. The topological polar surface area (TPSA) is 59.4 Å². The van der Waals surface area contributed by atoms with Gasteiger partial charge in [-0.15, -0.1) is 0 Å². The fourth-order valence-corrected chi connectivity index (χ4v) is 5.32. The van der Waals surface area contributed by atoms with E-state index in [0.29, 0.717) is 24.6 Å². The van der Waals surface area contributed by atoms with Crippen LogP contribution in [0.25, 0.3) is 0 Å². The third-order valence-corrected chi connectivity index (χ3v) is 6.43. The van der Waals surface area contributed by atoms with Gasteiger partial charge in [0.1, 0.15) is 0 Å². The number of aryl methyl sites for hydroxylation is 1. The molecule has 6 nitrogen and oxygen atoms in total. The van der Waals surface area contributed by atoms with Crippen LogP contribution in [0.1, 0.15) is 37.8 Å². The summed E-state index contributed by atoms with van der Waals surface area (Å²) in [6, 6.07) is 3.22. The van der Waals surface area contributed by atoms with Crippen molar-refractivity contribution in [1.29, 1.82) is 0 Å². The van der Waals surface area contributed by atoms with E-state index in [9.17, 15) is 4.79 Å². The van der Waals surface area contributed by atoms with E-state index in [4.69, 9.17) is 4.74 Å². The SMILES string of the molecule is O=C(C1CCn2nccc2C1)N1CCOC2(C[C@H]3CC[C@@H](C2)N3)C1. The van der Waals surface area contributed by atoms with Gasteiger partial charge in [-0.1, -0.05) is 0 Å². The van der Waals surface area contributed by atoms with E-state index in [0.717, 1.165) is 45.3 Å². The van der Waals surface area contributed by atoms with Gasteiger partial charge in [-0.05, 0) is 38.2 Å². The Labute approximate surface area is 142 Å². The number of nitrogens with one attached hydrogen (secondary N) is 1. The zero-order valence-corrected chi connectivity index (χ0v) is 14.1. The van der Waals surface area contributed by atoms with Crippen molar-refractivity contribution in [3.63, 3.8) is 0 Å². The molecule has 0 saturated carbocycles. The van der Waals surface area contributed by atoms with Crippen molar-refractivity contribution in [2.45, 2.75) is 62.8 Å². The smallest absolute Gasteiger partial charge is 0.226 e. The molecule has 3 fully saturated rings. The minimum atomic E-state index is -0.0958. The lowest BCUT2D eigenvalue weighted by Gasteiger charge is -2.48. The van der Waals surface area contributed by atoms with Crippen LogP contribution in [0.5, 0.6) is 0 Å². The third-order valence-electron chi connectivity index (χ3n) is 6.43. The summed E-state index contributed by atoms with van der Waals surface area (Å²) in [4.78, 5) is 15.2. The first-order chi connectivity index (χ1) is 11.7. The normalized spacial score (nSPS) is 38.3. The summed E-state index contributed by atoms with van der Waals surface area (Å²) in [6.07, 6.45) is 8.22. The zero-order valence-electron chi connectivity index (χ0n) is 14.1. The molecule has 1 amide bonds. The molecule has 3 saturated heterocycles. The van der Waals surface area contributed by atoms with Crippen LogP contribution < -0.4 is 5.32 Å². The maximum atomic E-state index is 13.1. The highest BCUT2D eigenvalue weighted by Gasteiger charge is 2.48. The molecule has 0 aliphatic carbocycles. The number of rotatable bonds is 1. The van der Waals surface area contributed by atoms with Crippen LogP contribution in [-0.2, 0) is 22.5 Å². The Kier molecular flexibility index (Phi) is 3.45. The fourth-order valence-electron chi connectivity index (χ4n) is 5.32. The van der Waals surface area contributed by atoms with Crippen molar-refractivity contribution in [2.24, 2.45) is 5.92 Å². The number of amides is 1. The Balaban J connectivity index is 1.29.